The van der Waals surface area contributed by atoms with Crippen molar-refractivity contribution in [2.45, 2.75) is 25.7 Å². The summed E-state index contributed by atoms with van der Waals surface area (Å²) in [7, 11) is 0. The number of likely N-dealkylation sites (tertiary alicyclic amines) is 2. The van der Waals surface area contributed by atoms with E-state index in [1.165, 1.54) is 6.20 Å². The third-order valence-corrected chi connectivity index (χ3v) is 5.30. The maximum absolute atomic E-state index is 12.8. The first-order chi connectivity index (χ1) is 14.2. The van der Waals surface area contributed by atoms with Crippen LogP contribution in [-0.4, -0.2) is 57.9 Å². The molecule has 152 valence electrons. The molecule has 4 rings (SSSR count). The number of carbonyl (C=O) groups is 2. The molecule has 0 saturated carbocycles. The van der Waals surface area contributed by atoms with Crippen LogP contribution in [0.1, 0.15) is 25.7 Å². The largest absolute Gasteiger partial charge is 0.437 e. The first-order valence-electron chi connectivity index (χ1n) is 10.1. The van der Waals surface area contributed by atoms with E-state index in [1.54, 1.807) is 24.5 Å². The minimum atomic E-state index is -0.208. The Kier molecular flexibility index (Phi) is 5.88. The van der Waals surface area contributed by atoms with Crippen molar-refractivity contribution in [3.8, 4) is 11.6 Å². The highest BCUT2D eigenvalue weighted by Crippen LogP contribution is 2.24. The summed E-state index contributed by atoms with van der Waals surface area (Å²) in [6.07, 6.45) is 8.41. The summed E-state index contributed by atoms with van der Waals surface area (Å²) >= 11 is 0. The van der Waals surface area contributed by atoms with Gasteiger partial charge in [-0.2, -0.15) is 0 Å². The highest BCUT2D eigenvalue weighted by molar-refractivity contribution is 5.93. The Morgan fingerprint density at radius 2 is 1.90 bits per heavy atom. The molecule has 3 amide bonds. The number of nitrogens with one attached hydrogen (secondary N) is 1. The molecule has 0 bridgehead atoms. The van der Waals surface area contributed by atoms with Gasteiger partial charge in [-0.25, -0.2) is 9.78 Å². The minimum Gasteiger partial charge on any atom is -0.437 e. The van der Waals surface area contributed by atoms with E-state index >= 15 is 0 Å². The molecule has 0 aliphatic carbocycles. The Morgan fingerprint density at radius 3 is 2.69 bits per heavy atom. The summed E-state index contributed by atoms with van der Waals surface area (Å²) < 4.78 is 5.67. The van der Waals surface area contributed by atoms with Crippen molar-refractivity contribution in [1.29, 1.82) is 0 Å². The number of carbonyl (C=O) groups excluding carboxylic acids is 2. The van der Waals surface area contributed by atoms with Crippen molar-refractivity contribution in [3.63, 3.8) is 0 Å². The number of amides is 3. The maximum atomic E-state index is 12.8. The Bertz CT molecular complexity index is 854. The summed E-state index contributed by atoms with van der Waals surface area (Å²) in [6, 6.07) is 7.24. The lowest BCUT2D eigenvalue weighted by Gasteiger charge is -2.34. The van der Waals surface area contributed by atoms with Crippen molar-refractivity contribution in [2.24, 2.45) is 5.92 Å². The van der Waals surface area contributed by atoms with Crippen molar-refractivity contribution >= 4 is 17.6 Å². The van der Waals surface area contributed by atoms with Gasteiger partial charge >= 0.3 is 6.03 Å². The van der Waals surface area contributed by atoms with Crippen LogP contribution in [-0.2, 0) is 4.79 Å². The van der Waals surface area contributed by atoms with E-state index in [0.717, 1.165) is 45.3 Å². The Labute approximate surface area is 169 Å². The summed E-state index contributed by atoms with van der Waals surface area (Å²) in [4.78, 5) is 37.2. The van der Waals surface area contributed by atoms with Gasteiger partial charge in [0.2, 0.25) is 11.8 Å². The monoisotopic (exact) mass is 395 g/mol. The number of nitrogens with zero attached hydrogens (tertiary/aromatic N) is 4. The number of ether oxygens (including phenoxy) is 1. The van der Waals surface area contributed by atoms with Crippen LogP contribution in [0.2, 0.25) is 0 Å². The molecule has 0 radical (unpaired) electrons. The Hall–Kier alpha value is -3.16. The predicted molar refractivity (Wildman–Crippen MR) is 108 cm³/mol. The van der Waals surface area contributed by atoms with Gasteiger partial charge in [0.25, 0.3) is 0 Å². The van der Waals surface area contributed by atoms with E-state index in [1.807, 2.05) is 21.9 Å². The number of hydrogen-bond donors (Lipinski definition) is 1. The van der Waals surface area contributed by atoms with Crippen LogP contribution < -0.4 is 10.1 Å². The van der Waals surface area contributed by atoms with Crippen molar-refractivity contribution in [2.75, 3.05) is 31.5 Å². The molecule has 1 unspecified atom stereocenters. The first-order valence-corrected chi connectivity index (χ1v) is 10.1. The molecule has 2 aromatic rings. The molecule has 1 aromatic carbocycles. The van der Waals surface area contributed by atoms with Gasteiger partial charge in [0.05, 0.1) is 12.1 Å². The van der Waals surface area contributed by atoms with Crippen LogP contribution in [0.4, 0.5) is 10.5 Å². The van der Waals surface area contributed by atoms with Crippen LogP contribution in [0.5, 0.6) is 11.6 Å². The fourth-order valence-corrected chi connectivity index (χ4v) is 3.81. The van der Waals surface area contributed by atoms with E-state index in [-0.39, 0.29) is 17.9 Å². The number of benzene rings is 1. The number of hydrogen-bond acceptors (Lipinski definition) is 5. The van der Waals surface area contributed by atoms with Gasteiger partial charge in [-0.15, -0.1) is 0 Å². The van der Waals surface area contributed by atoms with Crippen LogP contribution in [0.3, 0.4) is 0 Å². The van der Waals surface area contributed by atoms with Gasteiger partial charge in [-0.3, -0.25) is 9.78 Å². The average Bonchev–Trinajstić information content (AvgIpc) is 3.29. The normalized spacial score (nSPS) is 19.1. The number of rotatable bonds is 4. The van der Waals surface area contributed by atoms with Gasteiger partial charge < -0.3 is 19.9 Å². The molecule has 3 heterocycles. The Balaban J connectivity index is 1.36. The third kappa shape index (κ3) is 4.82. The molecule has 29 heavy (non-hydrogen) atoms. The molecular formula is C21H25N5O3. The summed E-state index contributed by atoms with van der Waals surface area (Å²) in [6.45, 7) is 2.84. The van der Waals surface area contributed by atoms with Crippen molar-refractivity contribution in [3.05, 3.63) is 42.9 Å². The molecule has 8 heteroatoms. The molecular weight excluding hydrogens is 370 g/mol. The molecule has 8 nitrogen and oxygen atoms in total. The van der Waals surface area contributed by atoms with Gasteiger partial charge in [0.15, 0.2) is 0 Å². The lowest BCUT2D eigenvalue weighted by Crippen LogP contribution is -2.48. The molecule has 0 spiro atoms. The smallest absolute Gasteiger partial charge is 0.320 e. The quantitative estimate of drug-likeness (QED) is 0.859. The van der Waals surface area contributed by atoms with Crippen LogP contribution in [0.25, 0.3) is 0 Å². The zero-order chi connectivity index (χ0) is 20.1. The molecule has 2 aliphatic rings. The van der Waals surface area contributed by atoms with Crippen LogP contribution in [0, 0.1) is 5.92 Å². The van der Waals surface area contributed by atoms with E-state index in [0.29, 0.717) is 23.9 Å². The predicted octanol–water partition coefficient (Wildman–Crippen LogP) is 3.14. The molecule has 2 aliphatic heterocycles. The second-order valence-electron chi connectivity index (χ2n) is 7.42. The standard InChI is InChI=1S/C21H25N5O3/c27-20(16-5-4-12-26(15-16)21(28)25-10-1-2-11-25)24-17-6-3-7-18(13-17)29-19-14-22-8-9-23-19/h3,6-9,13-14,16H,1-2,4-5,10-12,15H2,(H,24,27). The van der Waals surface area contributed by atoms with Gasteiger partial charge in [0.1, 0.15) is 5.75 Å². The van der Waals surface area contributed by atoms with Crippen molar-refractivity contribution < 1.29 is 14.3 Å². The fourth-order valence-electron chi connectivity index (χ4n) is 3.81. The summed E-state index contributed by atoms with van der Waals surface area (Å²) in [5.74, 6) is 0.678. The van der Waals surface area contributed by atoms with Crippen LogP contribution in [0.15, 0.2) is 42.9 Å². The van der Waals surface area contributed by atoms with Gasteiger partial charge in [-0.05, 0) is 37.8 Å². The number of piperidine rings is 1. The molecule has 1 N–H and O–H groups in total. The van der Waals surface area contributed by atoms with E-state index in [9.17, 15) is 9.59 Å². The zero-order valence-electron chi connectivity index (χ0n) is 16.3. The number of urea groups is 1. The highest BCUT2D eigenvalue weighted by Gasteiger charge is 2.31. The number of aromatic nitrogens is 2. The molecule has 2 saturated heterocycles. The van der Waals surface area contributed by atoms with E-state index < -0.39 is 0 Å². The average molecular weight is 395 g/mol. The van der Waals surface area contributed by atoms with Crippen molar-refractivity contribution in [1.82, 2.24) is 19.8 Å². The topological polar surface area (TPSA) is 87.7 Å². The summed E-state index contributed by atoms with van der Waals surface area (Å²) in [5, 5.41) is 2.96. The SMILES string of the molecule is O=C(Nc1cccc(Oc2cnccn2)c1)C1CCCN(C(=O)N2CCCC2)C1. The lowest BCUT2D eigenvalue weighted by molar-refractivity contribution is -0.121. The Morgan fingerprint density at radius 1 is 1.07 bits per heavy atom. The second-order valence-corrected chi connectivity index (χ2v) is 7.42. The number of anilines is 1. The van der Waals surface area contributed by atoms with E-state index in [4.69, 9.17) is 4.74 Å². The molecule has 2 fully saturated rings. The molecule has 1 atom stereocenters. The van der Waals surface area contributed by atoms with Gasteiger partial charge in [-0.1, -0.05) is 6.07 Å². The highest BCUT2D eigenvalue weighted by atomic mass is 16.5. The third-order valence-electron chi connectivity index (χ3n) is 5.30. The van der Waals surface area contributed by atoms with Gasteiger partial charge in [0, 0.05) is 50.3 Å². The first kappa shape index (κ1) is 19.2. The second kappa shape index (κ2) is 8.89. The minimum absolute atomic E-state index is 0.0689. The maximum Gasteiger partial charge on any atom is 0.320 e. The fraction of sp³-hybridized carbons (Fsp3) is 0.429. The van der Waals surface area contributed by atoms with Crippen LogP contribution >= 0.6 is 0 Å². The molecule has 1 aromatic heterocycles. The zero-order valence-corrected chi connectivity index (χ0v) is 16.3. The lowest BCUT2D eigenvalue weighted by atomic mass is 9.97. The summed E-state index contributed by atoms with van der Waals surface area (Å²) in [5.41, 5.74) is 0.652. The van der Waals surface area contributed by atoms with E-state index in [2.05, 4.69) is 15.3 Å².